The lowest BCUT2D eigenvalue weighted by Gasteiger charge is -2.48. The van der Waals surface area contributed by atoms with E-state index in [0.29, 0.717) is 69.3 Å². The smallest absolute Gasteiger partial charge is 0.162 e. The molecule has 0 aliphatic carbocycles. The Morgan fingerprint density at radius 2 is 1.95 bits per heavy atom. The van der Waals surface area contributed by atoms with E-state index >= 15 is 0 Å². The van der Waals surface area contributed by atoms with Crippen molar-refractivity contribution in [2.75, 3.05) is 25.1 Å². The van der Waals surface area contributed by atoms with Crippen molar-refractivity contribution in [2.45, 2.75) is 25.0 Å². The van der Waals surface area contributed by atoms with E-state index < -0.39 is 11.6 Å². The van der Waals surface area contributed by atoms with Gasteiger partial charge in [-0.25, -0.2) is 9.97 Å². The minimum absolute atomic E-state index is 0.402. The number of nitriles is 1. The molecule has 5 heterocycles. The highest BCUT2D eigenvalue weighted by atomic mass is 35.5. The molecule has 10 nitrogen and oxygen atoms in total. The Labute approximate surface area is 249 Å². The fourth-order valence-corrected chi connectivity index (χ4v) is 6.54. The van der Waals surface area contributed by atoms with Gasteiger partial charge in [0.25, 0.3) is 0 Å². The van der Waals surface area contributed by atoms with Crippen LogP contribution < -0.4 is 20.1 Å². The number of thiazole rings is 1. The van der Waals surface area contributed by atoms with Crippen LogP contribution in [-0.2, 0) is 6.42 Å². The summed E-state index contributed by atoms with van der Waals surface area (Å²) >= 11 is 14.3. The second-order valence-corrected chi connectivity index (χ2v) is 11.7. The molecular weight excluding hydrogens is 583 g/mol. The molecule has 1 fully saturated rings. The minimum atomic E-state index is -0.493. The van der Waals surface area contributed by atoms with Crippen molar-refractivity contribution in [3.05, 3.63) is 74.5 Å². The first-order chi connectivity index (χ1) is 19.8. The third-order valence-corrected chi connectivity index (χ3v) is 8.39. The van der Waals surface area contributed by atoms with Crippen LogP contribution in [-0.4, -0.2) is 50.9 Å². The van der Waals surface area contributed by atoms with E-state index in [2.05, 4.69) is 31.2 Å². The van der Waals surface area contributed by atoms with E-state index in [1.54, 1.807) is 43.0 Å². The Morgan fingerprint density at radius 3 is 2.63 bits per heavy atom. The van der Waals surface area contributed by atoms with Crippen molar-refractivity contribution in [2.24, 2.45) is 5.73 Å². The third-order valence-electron chi connectivity index (χ3n) is 7.01. The second kappa shape index (κ2) is 10.8. The van der Waals surface area contributed by atoms with E-state index in [1.165, 1.54) is 12.4 Å². The minimum Gasteiger partial charge on any atom is -0.493 e. The zero-order valence-electron chi connectivity index (χ0n) is 22.1. The summed E-state index contributed by atoms with van der Waals surface area (Å²) in [5.74, 6) is 1.58. The van der Waals surface area contributed by atoms with Gasteiger partial charge in [0, 0.05) is 72.3 Å². The van der Waals surface area contributed by atoms with Gasteiger partial charge in [0.15, 0.2) is 11.5 Å². The fraction of sp³-hybridized carbons (Fsp3) is 0.250. The predicted molar refractivity (Wildman–Crippen MR) is 159 cm³/mol. The molecule has 6 rings (SSSR count). The summed E-state index contributed by atoms with van der Waals surface area (Å²) in [6, 6.07) is 7.72. The highest BCUT2D eigenvalue weighted by Gasteiger charge is 2.41. The lowest BCUT2D eigenvalue weighted by atomic mass is 9.87. The van der Waals surface area contributed by atoms with Gasteiger partial charge in [-0.1, -0.05) is 23.2 Å². The molecule has 13 heteroatoms. The topological polar surface area (TPSA) is 139 Å². The predicted octanol–water partition coefficient (Wildman–Crippen LogP) is 5.56. The number of hydrogen-bond donors (Lipinski definition) is 2. The average Bonchev–Trinajstić information content (AvgIpc) is 3.60. The average molecular weight is 608 g/mol. The third kappa shape index (κ3) is 5.15. The molecule has 0 amide bonds. The summed E-state index contributed by atoms with van der Waals surface area (Å²) in [7, 11) is 1.56. The van der Waals surface area contributed by atoms with Crippen LogP contribution in [0.3, 0.4) is 0 Å². The molecule has 1 atom stereocenters. The van der Waals surface area contributed by atoms with Crippen LogP contribution in [0.2, 0.25) is 10.0 Å². The first-order valence-electron chi connectivity index (χ1n) is 12.6. The molecule has 1 aromatic carbocycles. The van der Waals surface area contributed by atoms with Crippen LogP contribution in [0.15, 0.2) is 48.4 Å². The number of methoxy groups -OCH3 is 1. The van der Waals surface area contributed by atoms with Gasteiger partial charge in [0.05, 0.1) is 38.8 Å². The number of nitrogens with zero attached hydrogens (tertiary/aromatic N) is 6. The number of aromatic nitrogens is 5. The standard InChI is InChI=1S/C28H24Cl2N8O2S/c1-15(25-19(29)11-33-12-20(25)30)40-23-6-18-21(7-22(23)39-2)36-37-26(18)17-5-16(9-31)27(35-10-17)38-13-28(32,14-38)8-24-34-3-4-41-24/h3-7,10-12,15H,8,13-14,32H2,1-2H3,(H,36,37)/t15-/m1/s1. The van der Waals surface area contributed by atoms with E-state index in [9.17, 15) is 5.26 Å². The molecule has 208 valence electrons. The molecule has 3 N–H and O–H groups in total. The normalized spacial score (nSPS) is 14.9. The highest BCUT2D eigenvalue weighted by molar-refractivity contribution is 7.09. The lowest BCUT2D eigenvalue weighted by Crippen LogP contribution is -2.69. The van der Waals surface area contributed by atoms with Gasteiger partial charge in [-0.15, -0.1) is 11.3 Å². The molecule has 0 unspecified atom stereocenters. The SMILES string of the molecule is COc1cc2[nH]nc(-c3cnc(N4CC(N)(Cc5nccs5)C4)c(C#N)c3)c2cc1O[C@H](C)c1c(Cl)cncc1Cl. The van der Waals surface area contributed by atoms with E-state index in [0.717, 1.165) is 15.9 Å². The molecule has 0 radical (unpaired) electrons. The number of nitrogens with one attached hydrogen (secondary N) is 1. The van der Waals surface area contributed by atoms with Crippen LogP contribution in [0.5, 0.6) is 11.5 Å². The Morgan fingerprint density at radius 1 is 1.17 bits per heavy atom. The molecule has 0 bridgehead atoms. The summed E-state index contributed by atoms with van der Waals surface area (Å²) in [5, 5.41) is 22.1. The van der Waals surface area contributed by atoms with Gasteiger partial charge in [0.1, 0.15) is 23.7 Å². The molecule has 1 aliphatic heterocycles. The molecular formula is C28H24Cl2N8O2S. The van der Waals surface area contributed by atoms with E-state index in [1.807, 2.05) is 23.3 Å². The maximum absolute atomic E-state index is 9.98. The van der Waals surface area contributed by atoms with Crippen molar-refractivity contribution in [3.8, 4) is 28.8 Å². The zero-order chi connectivity index (χ0) is 28.7. The zero-order valence-corrected chi connectivity index (χ0v) is 24.4. The number of benzene rings is 1. The summed E-state index contributed by atoms with van der Waals surface area (Å²) in [6.45, 7) is 3.02. The molecule has 1 aliphatic rings. The molecule has 0 spiro atoms. The molecule has 5 aromatic rings. The van der Waals surface area contributed by atoms with Crippen LogP contribution in [0.25, 0.3) is 22.2 Å². The summed E-state index contributed by atoms with van der Waals surface area (Å²) in [6.07, 6.45) is 6.74. The van der Waals surface area contributed by atoms with Gasteiger partial charge < -0.3 is 20.1 Å². The summed E-state index contributed by atoms with van der Waals surface area (Å²) < 4.78 is 11.9. The number of hydrogen-bond acceptors (Lipinski definition) is 10. The Bertz CT molecular complexity index is 1760. The largest absolute Gasteiger partial charge is 0.493 e. The Balaban J connectivity index is 1.29. The fourth-order valence-electron chi connectivity index (χ4n) is 5.09. The maximum Gasteiger partial charge on any atom is 0.162 e. The van der Waals surface area contributed by atoms with Crippen LogP contribution >= 0.6 is 34.5 Å². The number of fused-ring (bicyclic) bond motifs is 1. The highest BCUT2D eigenvalue weighted by Crippen LogP contribution is 2.40. The number of rotatable bonds is 8. The first kappa shape index (κ1) is 27.2. The molecule has 1 saturated heterocycles. The van der Waals surface area contributed by atoms with E-state index in [4.69, 9.17) is 38.4 Å². The quantitative estimate of drug-likeness (QED) is 0.232. The molecule has 0 saturated carbocycles. The number of halogens is 2. The number of nitrogens with two attached hydrogens (primary N) is 1. The number of pyridine rings is 2. The van der Waals surface area contributed by atoms with Gasteiger partial charge in [-0.05, 0) is 19.1 Å². The van der Waals surface area contributed by atoms with Gasteiger partial charge in [0.2, 0.25) is 0 Å². The van der Waals surface area contributed by atoms with Crippen molar-refractivity contribution in [3.63, 3.8) is 0 Å². The summed E-state index contributed by atoms with van der Waals surface area (Å²) in [4.78, 5) is 15.0. The van der Waals surface area contributed by atoms with Crippen molar-refractivity contribution in [1.82, 2.24) is 25.1 Å². The second-order valence-electron chi connectivity index (χ2n) is 9.93. The number of anilines is 1. The maximum atomic E-state index is 9.98. The molecule has 4 aromatic heterocycles. The Kier molecular flexibility index (Phi) is 7.17. The first-order valence-corrected chi connectivity index (χ1v) is 14.3. The van der Waals surface area contributed by atoms with Gasteiger partial charge in [-0.2, -0.15) is 10.4 Å². The monoisotopic (exact) mass is 606 g/mol. The summed E-state index contributed by atoms with van der Waals surface area (Å²) in [5.41, 5.74) is 9.27. The van der Waals surface area contributed by atoms with Crippen molar-refractivity contribution in [1.29, 1.82) is 5.26 Å². The number of H-pyrrole nitrogens is 1. The van der Waals surface area contributed by atoms with Crippen LogP contribution in [0.4, 0.5) is 5.82 Å². The Hall–Kier alpha value is -3.95. The molecule has 41 heavy (non-hydrogen) atoms. The van der Waals surface area contributed by atoms with Gasteiger partial charge in [-0.3, -0.25) is 10.1 Å². The van der Waals surface area contributed by atoms with Crippen molar-refractivity contribution < 1.29 is 9.47 Å². The van der Waals surface area contributed by atoms with Gasteiger partial charge >= 0.3 is 0 Å². The van der Waals surface area contributed by atoms with Crippen molar-refractivity contribution >= 4 is 51.3 Å². The lowest BCUT2D eigenvalue weighted by molar-refractivity contribution is 0.216. The van der Waals surface area contributed by atoms with Crippen LogP contribution in [0, 0.1) is 11.3 Å². The van der Waals surface area contributed by atoms with E-state index in [-0.39, 0.29) is 0 Å². The number of aromatic amines is 1. The van der Waals surface area contributed by atoms with Crippen LogP contribution in [0.1, 0.15) is 29.2 Å². The number of ether oxygens (including phenoxy) is 2.